The molecule has 1 aliphatic heterocycles. The number of nitrogens with zero attached hydrogens (tertiary/aromatic N) is 2. The van der Waals surface area contributed by atoms with E-state index in [0.717, 1.165) is 12.1 Å². The largest absolute Gasteiger partial charge is 0.356 e. The fourth-order valence-corrected chi connectivity index (χ4v) is 3.35. The average molecular weight is 363 g/mol. The van der Waals surface area contributed by atoms with Crippen LogP contribution in [0.25, 0.3) is 0 Å². The molecule has 1 N–H and O–H groups in total. The van der Waals surface area contributed by atoms with Crippen molar-refractivity contribution in [1.29, 1.82) is 0 Å². The number of hydrogen-bond donors (Lipinski definition) is 1. The first-order valence-electron chi connectivity index (χ1n) is 9.43. The van der Waals surface area contributed by atoms with Crippen molar-refractivity contribution >= 4 is 11.8 Å². The smallest absolute Gasteiger partial charge is 0.224 e. The Morgan fingerprint density at radius 2 is 2.00 bits per heavy atom. The Morgan fingerprint density at radius 1 is 1.31 bits per heavy atom. The summed E-state index contributed by atoms with van der Waals surface area (Å²) >= 11 is 0. The Morgan fingerprint density at radius 3 is 2.62 bits per heavy atom. The summed E-state index contributed by atoms with van der Waals surface area (Å²) in [5.74, 6) is 0.193. The van der Waals surface area contributed by atoms with Gasteiger partial charge < -0.3 is 15.1 Å². The lowest BCUT2D eigenvalue weighted by Crippen LogP contribution is -2.46. The van der Waals surface area contributed by atoms with E-state index in [1.165, 1.54) is 12.1 Å². The number of nitrogens with one attached hydrogen (secondary N) is 1. The van der Waals surface area contributed by atoms with E-state index in [4.69, 9.17) is 0 Å². The maximum Gasteiger partial charge on any atom is 0.224 e. The fourth-order valence-electron chi connectivity index (χ4n) is 3.35. The molecule has 2 rings (SSSR count). The molecule has 26 heavy (non-hydrogen) atoms. The number of amides is 2. The van der Waals surface area contributed by atoms with Gasteiger partial charge in [0.05, 0.1) is 0 Å². The van der Waals surface area contributed by atoms with Crippen molar-refractivity contribution < 1.29 is 14.0 Å². The molecular formula is C20H30FN3O2. The maximum absolute atomic E-state index is 13.1. The molecule has 2 amide bonds. The fraction of sp³-hybridized carbons (Fsp3) is 0.600. The molecule has 0 radical (unpaired) electrons. The van der Waals surface area contributed by atoms with Crippen LogP contribution < -0.4 is 5.32 Å². The average Bonchev–Trinajstić information content (AvgIpc) is 2.75. The zero-order valence-electron chi connectivity index (χ0n) is 16.0. The van der Waals surface area contributed by atoms with E-state index in [9.17, 15) is 14.0 Å². The van der Waals surface area contributed by atoms with E-state index in [2.05, 4.69) is 24.1 Å². The summed E-state index contributed by atoms with van der Waals surface area (Å²) < 4.78 is 13.1. The summed E-state index contributed by atoms with van der Waals surface area (Å²) in [5.41, 5.74) is 0.932. The number of halogens is 1. The van der Waals surface area contributed by atoms with Gasteiger partial charge in [-0.25, -0.2) is 4.39 Å². The van der Waals surface area contributed by atoms with Gasteiger partial charge in [0.25, 0.3) is 0 Å². The Bertz CT molecular complexity index is 604. The number of rotatable bonds is 7. The highest BCUT2D eigenvalue weighted by molar-refractivity contribution is 5.77. The number of carbonyl (C=O) groups is 2. The Labute approximate surface area is 155 Å². The van der Waals surface area contributed by atoms with Crippen molar-refractivity contribution in [2.45, 2.75) is 46.2 Å². The Hall–Kier alpha value is -1.95. The van der Waals surface area contributed by atoms with Crippen molar-refractivity contribution in [2.24, 2.45) is 5.92 Å². The molecule has 0 spiro atoms. The number of benzene rings is 1. The number of hydrogen-bond acceptors (Lipinski definition) is 3. The van der Waals surface area contributed by atoms with E-state index in [0.29, 0.717) is 44.9 Å². The molecule has 1 atom stereocenters. The molecule has 0 saturated carbocycles. The quantitative estimate of drug-likeness (QED) is 0.809. The van der Waals surface area contributed by atoms with Gasteiger partial charge in [-0.2, -0.15) is 0 Å². The molecule has 1 heterocycles. The summed E-state index contributed by atoms with van der Waals surface area (Å²) in [4.78, 5) is 28.6. The first kappa shape index (κ1) is 20.4. The predicted octanol–water partition coefficient (Wildman–Crippen LogP) is 2.41. The van der Waals surface area contributed by atoms with E-state index in [1.54, 1.807) is 12.1 Å². The van der Waals surface area contributed by atoms with Gasteiger partial charge in [0, 0.05) is 51.6 Å². The maximum atomic E-state index is 13.1. The molecule has 6 heteroatoms. The molecule has 1 aliphatic rings. The molecule has 1 fully saturated rings. The van der Waals surface area contributed by atoms with Crippen LogP contribution in [-0.2, 0) is 16.1 Å². The van der Waals surface area contributed by atoms with Crippen LogP contribution in [0.3, 0.4) is 0 Å². The molecule has 144 valence electrons. The lowest BCUT2D eigenvalue weighted by Gasteiger charge is -2.35. The third-order valence-corrected chi connectivity index (χ3v) is 4.87. The first-order valence-corrected chi connectivity index (χ1v) is 9.43. The Balaban J connectivity index is 2.06. The van der Waals surface area contributed by atoms with Gasteiger partial charge in [0.15, 0.2) is 0 Å². The summed E-state index contributed by atoms with van der Waals surface area (Å²) in [6.07, 6.45) is 0.893. The van der Waals surface area contributed by atoms with Gasteiger partial charge >= 0.3 is 0 Å². The van der Waals surface area contributed by atoms with Crippen molar-refractivity contribution in [3.05, 3.63) is 35.6 Å². The molecule has 0 bridgehead atoms. The molecule has 0 aliphatic carbocycles. The predicted molar refractivity (Wildman–Crippen MR) is 99.9 cm³/mol. The van der Waals surface area contributed by atoms with Gasteiger partial charge in [0.2, 0.25) is 11.8 Å². The second kappa shape index (κ2) is 9.67. The summed E-state index contributed by atoms with van der Waals surface area (Å²) in [7, 11) is 0. The minimum Gasteiger partial charge on any atom is -0.356 e. The standard InChI is InChI=1S/C20H30FN3O2/c1-4-22-19(25)9-11-23-12-10-20(26)24(18(14-23)15(2)3)13-16-5-7-17(21)8-6-16/h5-8,15,18H,4,9-14H2,1-3H3,(H,22,25)/t18-/m0/s1. The minimum absolute atomic E-state index is 0.0485. The highest BCUT2D eigenvalue weighted by Gasteiger charge is 2.31. The van der Waals surface area contributed by atoms with Crippen molar-refractivity contribution in [2.75, 3.05) is 26.2 Å². The van der Waals surface area contributed by atoms with Gasteiger partial charge in [-0.05, 0) is 30.5 Å². The Kier molecular flexibility index (Phi) is 7.57. The van der Waals surface area contributed by atoms with Gasteiger partial charge in [-0.15, -0.1) is 0 Å². The van der Waals surface area contributed by atoms with Crippen LogP contribution in [0.4, 0.5) is 4.39 Å². The second-order valence-electron chi connectivity index (χ2n) is 7.21. The number of carbonyl (C=O) groups excluding carboxylic acids is 2. The molecule has 0 aromatic heterocycles. The van der Waals surface area contributed by atoms with E-state index < -0.39 is 0 Å². The zero-order chi connectivity index (χ0) is 19.1. The van der Waals surface area contributed by atoms with Gasteiger partial charge in [-0.1, -0.05) is 26.0 Å². The van der Waals surface area contributed by atoms with E-state index in [1.807, 2.05) is 11.8 Å². The van der Waals surface area contributed by atoms with Crippen LogP contribution in [0, 0.1) is 11.7 Å². The lowest BCUT2D eigenvalue weighted by atomic mass is 10.0. The van der Waals surface area contributed by atoms with Crippen molar-refractivity contribution in [1.82, 2.24) is 15.1 Å². The highest BCUT2D eigenvalue weighted by Crippen LogP contribution is 2.21. The van der Waals surface area contributed by atoms with Crippen LogP contribution in [-0.4, -0.2) is 53.8 Å². The summed E-state index contributed by atoms with van der Waals surface area (Å²) in [6, 6.07) is 6.40. The van der Waals surface area contributed by atoms with Crippen LogP contribution in [0.5, 0.6) is 0 Å². The summed E-state index contributed by atoms with van der Waals surface area (Å²) in [6.45, 7) is 9.35. The first-order chi connectivity index (χ1) is 12.4. The molecule has 0 unspecified atom stereocenters. The van der Waals surface area contributed by atoms with Crippen molar-refractivity contribution in [3.63, 3.8) is 0 Å². The SMILES string of the molecule is CCNC(=O)CCN1CCC(=O)N(Cc2ccc(F)cc2)[C@H](C(C)C)C1. The summed E-state index contributed by atoms with van der Waals surface area (Å²) in [5, 5.41) is 2.82. The molecule has 1 saturated heterocycles. The van der Waals surface area contributed by atoms with Gasteiger partial charge in [0.1, 0.15) is 5.82 Å². The van der Waals surface area contributed by atoms with Crippen LogP contribution in [0.15, 0.2) is 24.3 Å². The zero-order valence-corrected chi connectivity index (χ0v) is 16.0. The van der Waals surface area contributed by atoms with E-state index >= 15 is 0 Å². The minimum atomic E-state index is -0.270. The molecule has 1 aromatic rings. The van der Waals surface area contributed by atoms with Crippen LogP contribution >= 0.6 is 0 Å². The lowest BCUT2D eigenvalue weighted by molar-refractivity contribution is -0.134. The second-order valence-corrected chi connectivity index (χ2v) is 7.21. The monoisotopic (exact) mass is 363 g/mol. The molecule has 1 aromatic carbocycles. The highest BCUT2D eigenvalue weighted by atomic mass is 19.1. The van der Waals surface area contributed by atoms with E-state index in [-0.39, 0.29) is 23.7 Å². The third kappa shape index (κ3) is 5.80. The normalized spacial score (nSPS) is 18.9. The van der Waals surface area contributed by atoms with Gasteiger partial charge in [-0.3, -0.25) is 9.59 Å². The van der Waals surface area contributed by atoms with Crippen LogP contribution in [0.2, 0.25) is 0 Å². The third-order valence-electron chi connectivity index (χ3n) is 4.87. The van der Waals surface area contributed by atoms with Crippen LogP contribution in [0.1, 0.15) is 39.2 Å². The molecule has 5 nitrogen and oxygen atoms in total. The topological polar surface area (TPSA) is 52.7 Å². The van der Waals surface area contributed by atoms with Crippen molar-refractivity contribution in [3.8, 4) is 0 Å². The molecular weight excluding hydrogens is 333 g/mol.